The molecule has 0 saturated heterocycles. The summed E-state index contributed by atoms with van der Waals surface area (Å²) in [6.45, 7) is 6.28. The highest BCUT2D eigenvalue weighted by molar-refractivity contribution is 7.98. The number of pyridine rings is 1. The normalized spacial score (nSPS) is 10.7. The molecule has 0 spiro atoms. The van der Waals surface area contributed by atoms with E-state index in [9.17, 15) is 9.59 Å². The average molecular weight is 470 g/mol. The van der Waals surface area contributed by atoms with E-state index in [1.165, 1.54) is 16.7 Å². The van der Waals surface area contributed by atoms with Crippen LogP contribution in [0.5, 0.6) is 5.75 Å². The van der Waals surface area contributed by atoms with E-state index >= 15 is 0 Å². The largest absolute Gasteiger partial charge is 0.494 e. The van der Waals surface area contributed by atoms with Crippen molar-refractivity contribution in [2.45, 2.75) is 38.1 Å². The van der Waals surface area contributed by atoms with E-state index in [0.717, 1.165) is 28.3 Å². The van der Waals surface area contributed by atoms with E-state index in [0.29, 0.717) is 29.5 Å². The van der Waals surface area contributed by atoms with E-state index < -0.39 is 5.97 Å². The van der Waals surface area contributed by atoms with Gasteiger partial charge in [0, 0.05) is 31.1 Å². The number of carbonyl (C=O) groups excluding carboxylic acids is 2. The Hall–Kier alpha value is -3.33. The highest BCUT2D eigenvalue weighted by atomic mass is 32.2. The summed E-state index contributed by atoms with van der Waals surface area (Å²) in [5, 5.41) is 4.47. The highest BCUT2D eigenvalue weighted by Gasteiger charge is 2.19. The molecule has 33 heavy (non-hydrogen) atoms. The fourth-order valence-corrected chi connectivity index (χ4v) is 4.18. The lowest BCUT2D eigenvalue weighted by molar-refractivity contribution is -0.133. The van der Waals surface area contributed by atoms with Crippen molar-refractivity contribution in [3.8, 4) is 5.75 Å². The van der Waals surface area contributed by atoms with Crippen molar-refractivity contribution in [2.24, 2.45) is 0 Å². The molecule has 1 aromatic carbocycles. The molecule has 0 saturated carbocycles. The Bertz CT molecular complexity index is 1080. The molecule has 0 aliphatic rings. The second-order valence-corrected chi connectivity index (χ2v) is 8.31. The van der Waals surface area contributed by atoms with E-state index in [4.69, 9.17) is 14.0 Å². The van der Waals surface area contributed by atoms with Crippen LogP contribution < -0.4 is 4.74 Å². The number of likely N-dealkylation sites (N-methyl/N-ethyl adjacent to an activating group) is 1. The number of rotatable bonds is 10. The molecule has 0 fully saturated rings. The van der Waals surface area contributed by atoms with E-state index in [1.54, 1.807) is 25.4 Å². The summed E-state index contributed by atoms with van der Waals surface area (Å²) in [6.07, 6.45) is 1.61. The number of carbonyl (C=O) groups is 2. The van der Waals surface area contributed by atoms with Crippen LogP contribution in [0.3, 0.4) is 0 Å². The van der Waals surface area contributed by atoms with Crippen LogP contribution in [0.1, 0.15) is 39.9 Å². The SMILES string of the molecule is CCOc1ccc(CN(C)C(=O)COC(=O)c2cccnc2SCc2c(C)noc2C)cc1. The van der Waals surface area contributed by atoms with Crippen LogP contribution in [-0.2, 0) is 21.8 Å². The van der Waals surface area contributed by atoms with Crippen LogP contribution in [0.25, 0.3) is 0 Å². The number of aryl methyl sites for hydroxylation is 2. The standard InChI is InChI=1S/C24H27N3O5S/c1-5-30-19-10-8-18(9-11-19)13-27(4)22(28)14-31-24(29)20-7-6-12-25-23(20)33-15-21-16(2)26-32-17(21)3/h6-12H,5,13-15H2,1-4H3. The molecule has 1 amide bonds. The first-order valence-electron chi connectivity index (χ1n) is 10.5. The molecule has 3 aromatic rings. The summed E-state index contributed by atoms with van der Waals surface area (Å²) in [7, 11) is 1.67. The first kappa shape index (κ1) is 24.3. The Labute approximate surface area is 197 Å². The summed E-state index contributed by atoms with van der Waals surface area (Å²) in [6, 6.07) is 10.8. The van der Waals surface area contributed by atoms with Crippen LogP contribution in [0.4, 0.5) is 0 Å². The number of aromatic nitrogens is 2. The lowest BCUT2D eigenvalue weighted by atomic mass is 10.2. The fourth-order valence-electron chi connectivity index (χ4n) is 3.04. The van der Waals surface area contributed by atoms with Gasteiger partial charge in [-0.15, -0.1) is 11.8 Å². The van der Waals surface area contributed by atoms with Crippen LogP contribution in [0.15, 0.2) is 52.1 Å². The Kier molecular flexibility index (Phi) is 8.48. The van der Waals surface area contributed by atoms with Gasteiger partial charge in [0.05, 0.1) is 17.9 Å². The Morgan fingerprint density at radius 3 is 2.58 bits per heavy atom. The van der Waals surface area contributed by atoms with E-state index in [1.807, 2.05) is 45.0 Å². The van der Waals surface area contributed by atoms with Gasteiger partial charge in [0.1, 0.15) is 16.5 Å². The van der Waals surface area contributed by atoms with Gasteiger partial charge in [-0.3, -0.25) is 4.79 Å². The molecule has 8 nitrogen and oxygen atoms in total. The van der Waals surface area contributed by atoms with Gasteiger partial charge in [-0.1, -0.05) is 17.3 Å². The fraction of sp³-hybridized carbons (Fsp3) is 0.333. The molecule has 0 aliphatic heterocycles. The maximum absolute atomic E-state index is 12.7. The topological polar surface area (TPSA) is 94.8 Å². The number of benzene rings is 1. The third kappa shape index (κ3) is 6.58. The van der Waals surface area contributed by atoms with Gasteiger partial charge in [0.25, 0.3) is 5.91 Å². The van der Waals surface area contributed by atoms with Crippen LogP contribution in [0, 0.1) is 13.8 Å². The van der Waals surface area contributed by atoms with Crippen molar-refractivity contribution < 1.29 is 23.6 Å². The minimum atomic E-state index is -0.591. The van der Waals surface area contributed by atoms with Crippen molar-refractivity contribution in [1.29, 1.82) is 0 Å². The summed E-state index contributed by atoms with van der Waals surface area (Å²) in [4.78, 5) is 30.9. The average Bonchev–Trinajstić information content (AvgIpc) is 3.14. The molecule has 0 unspecified atom stereocenters. The third-order valence-electron chi connectivity index (χ3n) is 4.93. The lowest BCUT2D eigenvalue weighted by Gasteiger charge is -2.17. The molecule has 0 bridgehead atoms. The predicted octanol–water partition coefficient (Wildman–Crippen LogP) is 4.19. The van der Waals surface area contributed by atoms with Gasteiger partial charge in [0.2, 0.25) is 0 Å². The molecular formula is C24H27N3O5S. The number of nitrogens with zero attached hydrogens (tertiary/aromatic N) is 3. The van der Waals surface area contributed by atoms with E-state index in [-0.39, 0.29) is 12.5 Å². The Balaban J connectivity index is 1.55. The minimum Gasteiger partial charge on any atom is -0.494 e. The number of hydrogen-bond acceptors (Lipinski definition) is 8. The molecular weight excluding hydrogens is 442 g/mol. The van der Waals surface area contributed by atoms with Crippen LogP contribution in [0.2, 0.25) is 0 Å². The molecule has 2 heterocycles. The zero-order valence-corrected chi connectivity index (χ0v) is 20.0. The Morgan fingerprint density at radius 2 is 1.91 bits per heavy atom. The molecule has 0 radical (unpaired) electrons. The number of amides is 1. The van der Waals surface area contributed by atoms with Crippen molar-refractivity contribution in [3.05, 3.63) is 70.7 Å². The smallest absolute Gasteiger partial charge is 0.341 e. The predicted molar refractivity (Wildman–Crippen MR) is 124 cm³/mol. The van der Waals surface area contributed by atoms with E-state index in [2.05, 4.69) is 10.1 Å². The van der Waals surface area contributed by atoms with Crippen molar-refractivity contribution in [1.82, 2.24) is 15.0 Å². The zero-order chi connectivity index (χ0) is 23.8. The maximum atomic E-state index is 12.7. The van der Waals surface area contributed by atoms with Gasteiger partial charge < -0.3 is 18.9 Å². The van der Waals surface area contributed by atoms with Gasteiger partial charge in [-0.25, -0.2) is 9.78 Å². The van der Waals surface area contributed by atoms with Crippen molar-refractivity contribution in [2.75, 3.05) is 20.3 Å². The van der Waals surface area contributed by atoms with Crippen molar-refractivity contribution >= 4 is 23.6 Å². The highest BCUT2D eigenvalue weighted by Crippen LogP contribution is 2.27. The summed E-state index contributed by atoms with van der Waals surface area (Å²) in [5.41, 5.74) is 3.04. The summed E-state index contributed by atoms with van der Waals surface area (Å²) in [5.74, 6) is 1.19. The number of hydrogen-bond donors (Lipinski definition) is 0. The van der Waals surface area contributed by atoms with Crippen LogP contribution >= 0.6 is 11.8 Å². The zero-order valence-electron chi connectivity index (χ0n) is 19.2. The molecule has 3 rings (SSSR count). The minimum absolute atomic E-state index is 0.300. The van der Waals surface area contributed by atoms with Gasteiger partial charge in [-0.2, -0.15) is 0 Å². The number of esters is 1. The van der Waals surface area contributed by atoms with Gasteiger partial charge in [0.15, 0.2) is 6.61 Å². The lowest BCUT2D eigenvalue weighted by Crippen LogP contribution is -2.30. The van der Waals surface area contributed by atoms with Gasteiger partial charge in [-0.05, 0) is 50.6 Å². The molecule has 0 atom stereocenters. The van der Waals surface area contributed by atoms with Gasteiger partial charge >= 0.3 is 5.97 Å². The Morgan fingerprint density at radius 1 is 1.15 bits per heavy atom. The molecule has 0 aliphatic carbocycles. The first-order chi connectivity index (χ1) is 15.9. The molecule has 2 aromatic heterocycles. The van der Waals surface area contributed by atoms with Crippen molar-refractivity contribution in [3.63, 3.8) is 0 Å². The number of thioether (sulfide) groups is 1. The molecule has 9 heteroatoms. The quantitative estimate of drug-likeness (QED) is 0.322. The van der Waals surface area contributed by atoms with Crippen LogP contribution in [-0.4, -0.2) is 47.2 Å². The second kappa shape index (κ2) is 11.5. The molecule has 0 N–H and O–H groups in total. The third-order valence-corrected chi connectivity index (χ3v) is 5.96. The maximum Gasteiger partial charge on any atom is 0.341 e. The first-order valence-corrected chi connectivity index (χ1v) is 11.5. The summed E-state index contributed by atoms with van der Waals surface area (Å²) >= 11 is 1.39. The number of ether oxygens (including phenoxy) is 2. The second-order valence-electron chi connectivity index (χ2n) is 7.35. The monoisotopic (exact) mass is 469 g/mol. The summed E-state index contributed by atoms with van der Waals surface area (Å²) < 4.78 is 15.9. The molecule has 174 valence electrons.